The summed E-state index contributed by atoms with van der Waals surface area (Å²) in [6.07, 6.45) is 4.33. The lowest BCUT2D eigenvalue weighted by Crippen LogP contribution is -2.52. The van der Waals surface area contributed by atoms with Crippen molar-refractivity contribution in [2.24, 2.45) is 0 Å². The molecule has 1 saturated carbocycles. The van der Waals surface area contributed by atoms with Gasteiger partial charge in [0, 0.05) is 33.3 Å². The van der Waals surface area contributed by atoms with E-state index in [-0.39, 0.29) is 18.8 Å². The smallest absolute Gasteiger partial charge is 0.303 e. The lowest BCUT2D eigenvalue weighted by Gasteiger charge is -2.36. The maximum Gasteiger partial charge on any atom is 0.303 e. The maximum atomic E-state index is 11.4. The molecular weight excluding hydrogens is 316 g/mol. The Morgan fingerprint density at radius 1 is 1.12 bits per heavy atom. The fourth-order valence-electron chi connectivity index (χ4n) is 3.87. The third kappa shape index (κ3) is 3.90. The van der Waals surface area contributed by atoms with Crippen LogP contribution in [0.5, 0.6) is 0 Å². The molecule has 136 valence electrons. The molecule has 1 aliphatic carbocycles. The molecule has 0 aromatic rings. The van der Waals surface area contributed by atoms with Crippen LogP contribution in [0.4, 0.5) is 0 Å². The van der Waals surface area contributed by atoms with Crippen LogP contribution in [0.3, 0.4) is 0 Å². The zero-order valence-electron chi connectivity index (χ0n) is 14.3. The molecule has 7 heteroatoms. The molecule has 24 heavy (non-hydrogen) atoms. The van der Waals surface area contributed by atoms with E-state index in [0.717, 1.165) is 32.1 Å². The van der Waals surface area contributed by atoms with Gasteiger partial charge in [0.15, 0.2) is 11.9 Å². The lowest BCUT2D eigenvalue weighted by molar-refractivity contribution is -0.209. The topological polar surface area (TPSA) is 80.3 Å². The average molecular weight is 342 g/mol. The summed E-state index contributed by atoms with van der Waals surface area (Å²) in [5.74, 6) is -1.39. The number of carbonyl (C=O) groups excluding carboxylic acids is 2. The van der Waals surface area contributed by atoms with E-state index in [1.54, 1.807) is 0 Å². The Bertz CT molecular complexity index is 472. The van der Waals surface area contributed by atoms with Gasteiger partial charge < -0.3 is 23.7 Å². The second-order valence-electron chi connectivity index (χ2n) is 6.78. The molecule has 3 rings (SSSR count). The summed E-state index contributed by atoms with van der Waals surface area (Å²) >= 11 is 0. The Kier molecular flexibility index (Phi) is 5.42. The number of hydrogen-bond donors (Lipinski definition) is 0. The van der Waals surface area contributed by atoms with E-state index in [0.29, 0.717) is 6.61 Å². The standard InChI is InChI=1S/C17H26O7/c1-11(18)21-10-14(22-12(2)19)15-16-13(6-9-20-15)23-17(24-16)7-4-3-5-8-17/h13-16H,3-10H2,1-2H3/t13-,14-,15+,16-/m1/s1. The quantitative estimate of drug-likeness (QED) is 0.720. The van der Waals surface area contributed by atoms with Crippen molar-refractivity contribution in [2.75, 3.05) is 13.2 Å². The van der Waals surface area contributed by atoms with Crippen LogP contribution in [0.2, 0.25) is 0 Å². The summed E-state index contributed by atoms with van der Waals surface area (Å²) in [6, 6.07) is 0. The lowest BCUT2D eigenvalue weighted by atomic mass is 9.94. The molecule has 2 aliphatic heterocycles. The van der Waals surface area contributed by atoms with Crippen LogP contribution in [-0.4, -0.2) is 55.4 Å². The summed E-state index contributed by atoms with van der Waals surface area (Å²) in [5.41, 5.74) is 0. The molecule has 1 spiro atoms. The van der Waals surface area contributed by atoms with Crippen LogP contribution in [0, 0.1) is 0 Å². The van der Waals surface area contributed by atoms with Crippen molar-refractivity contribution in [2.45, 2.75) is 82.6 Å². The van der Waals surface area contributed by atoms with Gasteiger partial charge in [0.05, 0.1) is 6.10 Å². The monoisotopic (exact) mass is 342 g/mol. The first-order valence-corrected chi connectivity index (χ1v) is 8.77. The summed E-state index contributed by atoms with van der Waals surface area (Å²) in [6.45, 7) is 3.11. The number of hydrogen-bond acceptors (Lipinski definition) is 7. The Morgan fingerprint density at radius 3 is 2.54 bits per heavy atom. The molecule has 2 saturated heterocycles. The van der Waals surface area contributed by atoms with Gasteiger partial charge in [-0.05, 0) is 19.3 Å². The zero-order valence-corrected chi connectivity index (χ0v) is 14.3. The van der Waals surface area contributed by atoms with Crippen LogP contribution < -0.4 is 0 Å². The summed E-state index contributed by atoms with van der Waals surface area (Å²) in [4.78, 5) is 22.6. The Hall–Kier alpha value is -1.18. The Morgan fingerprint density at radius 2 is 1.88 bits per heavy atom. The van der Waals surface area contributed by atoms with E-state index >= 15 is 0 Å². The van der Waals surface area contributed by atoms with Crippen molar-refractivity contribution in [1.82, 2.24) is 0 Å². The molecule has 7 nitrogen and oxygen atoms in total. The minimum Gasteiger partial charge on any atom is -0.462 e. The van der Waals surface area contributed by atoms with Crippen LogP contribution >= 0.6 is 0 Å². The molecule has 0 aromatic carbocycles. The van der Waals surface area contributed by atoms with Crippen molar-refractivity contribution in [1.29, 1.82) is 0 Å². The fraction of sp³-hybridized carbons (Fsp3) is 0.882. The average Bonchev–Trinajstić information content (AvgIpc) is 2.89. The van der Waals surface area contributed by atoms with Crippen molar-refractivity contribution in [3.63, 3.8) is 0 Å². The number of fused-ring (bicyclic) bond motifs is 1. The van der Waals surface area contributed by atoms with Crippen molar-refractivity contribution in [3.05, 3.63) is 0 Å². The molecule has 4 atom stereocenters. The molecule has 0 unspecified atom stereocenters. The minimum atomic E-state index is -0.693. The molecule has 0 amide bonds. The Labute approximate surface area is 141 Å². The van der Waals surface area contributed by atoms with Crippen LogP contribution in [0.25, 0.3) is 0 Å². The summed E-state index contributed by atoms with van der Waals surface area (Å²) < 4.78 is 28.8. The second-order valence-corrected chi connectivity index (χ2v) is 6.78. The highest BCUT2D eigenvalue weighted by Gasteiger charge is 2.54. The van der Waals surface area contributed by atoms with E-state index in [1.807, 2.05) is 0 Å². The van der Waals surface area contributed by atoms with Crippen LogP contribution in [0.15, 0.2) is 0 Å². The summed E-state index contributed by atoms with van der Waals surface area (Å²) in [5, 5.41) is 0. The van der Waals surface area contributed by atoms with Crippen molar-refractivity contribution >= 4 is 11.9 Å². The highest BCUT2D eigenvalue weighted by molar-refractivity contribution is 5.67. The molecule has 0 N–H and O–H groups in total. The number of carbonyl (C=O) groups is 2. The highest BCUT2D eigenvalue weighted by atomic mass is 16.8. The number of rotatable bonds is 4. The van der Waals surface area contributed by atoms with Gasteiger partial charge in [0.1, 0.15) is 18.8 Å². The fourth-order valence-corrected chi connectivity index (χ4v) is 3.87. The van der Waals surface area contributed by atoms with E-state index in [4.69, 9.17) is 23.7 Å². The molecule has 0 aromatic heterocycles. The van der Waals surface area contributed by atoms with Crippen molar-refractivity contribution < 1.29 is 33.3 Å². The summed E-state index contributed by atoms with van der Waals surface area (Å²) in [7, 11) is 0. The van der Waals surface area contributed by atoms with Gasteiger partial charge in [-0.3, -0.25) is 9.59 Å². The molecule has 0 bridgehead atoms. The first-order chi connectivity index (χ1) is 11.5. The zero-order chi connectivity index (χ0) is 17.2. The largest absolute Gasteiger partial charge is 0.462 e. The van der Waals surface area contributed by atoms with Crippen LogP contribution in [0.1, 0.15) is 52.4 Å². The van der Waals surface area contributed by atoms with Gasteiger partial charge in [-0.15, -0.1) is 0 Å². The normalized spacial score (nSPS) is 32.8. The minimum absolute atomic E-state index is 0.0425. The predicted molar refractivity (Wildman–Crippen MR) is 82.1 cm³/mol. The second kappa shape index (κ2) is 7.37. The first kappa shape index (κ1) is 17.6. The van der Waals surface area contributed by atoms with Gasteiger partial charge in [-0.25, -0.2) is 0 Å². The van der Waals surface area contributed by atoms with E-state index in [2.05, 4.69) is 0 Å². The molecule has 3 fully saturated rings. The van der Waals surface area contributed by atoms with E-state index < -0.39 is 29.9 Å². The van der Waals surface area contributed by atoms with E-state index in [1.165, 1.54) is 20.3 Å². The SMILES string of the molecule is CC(=O)OC[C@@H](OC(C)=O)[C@@H]1OCC[C@H]2OC3(CCCCC3)O[C@@H]12. The molecular formula is C17H26O7. The van der Waals surface area contributed by atoms with Gasteiger partial charge in [0.2, 0.25) is 0 Å². The third-order valence-electron chi connectivity index (χ3n) is 4.87. The molecule has 3 aliphatic rings. The van der Waals surface area contributed by atoms with Gasteiger partial charge in [-0.2, -0.15) is 0 Å². The number of ether oxygens (including phenoxy) is 5. The van der Waals surface area contributed by atoms with Gasteiger partial charge in [0.25, 0.3) is 0 Å². The first-order valence-electron chi connectivity index (χ1n) is 8.77. The van der Waals surface area contributed by atoms with Crippen molar-refractivity contribution in [3.8, 4) is 0 Å². The van der Waals surface area contributed by atoms with E-state index in [9.17, 15) is 9.59 Å². The molecule has 0 radical (unpaired) electrons. The van der Waals surface area contributed by atoms with Gasteiger partial charge in [-0.1, -0.05) is 6.42 Å². The Balaban J connectivity index is 1.72. The number of esters is 2. The maximum absolute atomic E-state index is 11.4. The third-order valence-corrected chi connectivity index (χ3v) is 4.87. The molecule has 2 heterocycles. The van der Waals surface area contributed by atoms with Gasteiger partial charge >= 0.3 is 11.9 Å². The highest BCUT2D eigenvalue weighted by Crippen LogP contribution is 2.44. The predicted octanol–water partition coefficient (Wildman–Crippen LogP) is 1.71. The van der Waals surface area contributed by atoms with Crippen LogP contribution in [-0.2, 0) is 33.3 Å².